The van der Waals surface area contributed by atoms with E-state index >= 15 is 0 Å². The summed E-state index contributed by atoms with van der Waals surface area (Å²) in [4.78, 5) is 0. The monoisotopic (exact) mass is 104 g/mol. The fourth-order valence-electron chi connectivity index (χ4n) is 0.266. The Morgan fingerprint density at radius 2 is 2.43 bits per heavy atom. The van der Waals surface area contributed by atoms with Crippen LogP contribution >= 0.6 is 0 Å². The molecule has 0 radical (unpaired) electrons. The molecule has 1 atom stereocenters. The third kappa shape index (κ3) is 3.72. The Bertz CT molecular complexity index is 40.7. The maximum absolute atomic E-state index is 8.35. The number of nitrogens with two attached hydrogens (primary N) is 1. The van der Waals surface area contributed by atoms with Gasteiger partial charge in [-0.05, 0) is 6.92 Å². The number of aliphatic hydroxyl groups excluding tert-OH is 1. The Morgan fingerprint density at radius 3 is 2.57 bits per heavy atom. The van der Waals surface area contributed by atoms with Crippen LogP contribution in [0.25, 0.3) is 0 Å². The van der Waals surface area contributed by atoms with Crippen molar-refractivity contribution in [1.82, 2.24) is 5.32 Å². The van der Waals surface area contributed by atoms with E-state index in [1.54, 1.807) is 0 Å². The smallest absolute Gasteiger partial charge is 0.0582 e. The van der Waals surface area contributed by atoms with Gasteiger partial charge in [0, 0.05) is 12.7 Å². The van der Waals surface area contributed by atoms with Crippen LogP contribution < -0.4 is 11.1 Å². The Morgan fingerprint density at radius 1 is 1.86 bits per heavy atom. The molecule has 3 heteroatoms. The molecule has 0 bridgehead atoms. The van der Waals surface area contributed by atoms with Crippen LogP contribution in [0.5, 0.6) is 0 Å². The van der Waals surface area contributed by atoms with Gasteiger partial charge in [-0.1, -0.05) is 0 Å². The first-order valence-electron chi connectivity index (χ1n) is 2.35. The van der Waals surface area contributed by atoms with E-state index in [2.05, 4.69) is 5.32 Å². The molecule has 0 rings (SSSR count). The van der Waals surface area contributed by atoms with Crippen LogP contribution in [0, 0.1) is 0 Å². The molecule has 4 N–H and O–H groups in total. The van der Waals surface area contributed by atoms with Gasteiger partial charge in [0.15, 0.2) is 0 Å². The summed E-state index contributed by atoms with van der Waals surface area (Å²) in [6.45, 7) is 2.45. The van der Waals surface area contributed by atoms with Crippen molar-refractivity contribution in [3.63, 3.8) is 0 Å². The SMILES string of the molecule is CC(CO)NCN. The van der Waals surface area contributed by atoms with Crippen LogP contribution in [-0.2, 0) is 0 Å². The maximum Gasteiger partial charge on any atom is 0.0582 e. The quantitative estimate of drug-likeness (QED) is 0.397. The van der Waals surface area contributed by atoms with Gasteiger partial charge in [0.2, 0.25) is 0 Å². The first-order valence-corrected chi connectivity index (χ1v) is 2.35. The topological polar surface area (TPSA) is 58.3 Å². The van der Waals surface area contributed by atoms with E-state index < -0.39 is 0 Å². The van der Waals surface area contributed by atoms with Crippen LogP contribution in [0.2, 0.25) is 0 Å². The molecule has 0 saturated carbocycles. The van der Waals surface area contributed by atoms with Gasteiger partial charge in [0.05, 0.1) is 6.61 Å². The third-order valence-corrected chi connectivity index (χ3v) is 0.740. The van der Waals surface area contributed by atoms with E-state index in [4.69, 9.17) is 10.8 Å². The lowest BCUT2D eigenvalue weighted by molar-refractivity contribution is 0.253. The van der Waals surface area contributed by atoms with Crippen molar-refractivity contribution in [2.75, 3.05) is 13.3 Å². The van der Waals surface area contributed by atoms with Gasteiger partial charge >= 0.3 is 0 Å². The lowest BCUT2D eigenvalue weighted by Gasteiger charge is -2.05. The second-order valence-corrected chi connectivity index (χ2v) is 1.49. The molecule has 0 amide bonds. The van der Waals surface area contributed by atoms with E-state index in [9.17, 15) is 0 Å². The molecular weight excluding hydrogens is 92.1 g/mol. The highest BCUT2D eigenvalue weighted by Crippen LogP contribution is 1.71. The van der Waals surface area contributed by atoms with Crippen LogP contribution in [-0.4, -0.2) is 24.4 Å². The van der Waals surface area contributed by atoms with Crippen molar-refractivity contribution in [2.45, 2.75) is 13.0 Å². The Balaban J connectivity index is 2.83. The highest BCUT2D eigenvalue weighted by atomic mass is 16.3. The summed E-state index contributed by atoms with van der Waals surface area (Å²) in [6, 6.07) is 0.130. The van der Waals surface area contributed by atoms with Crippen molar-refractivity contribution in [3.05, 3.63) is 0 Å². The molecule has 1 unspecified atom stereocenters. The Labute approximate surface area is 43.5 Å². The van der Waals surface area contributed by atoms with Crippen LogP contribution in [0.1, 0.15) is 6.92 Å². The number of nitrogens with one attached hydrogen (secondary N) is 1. The fourth-order valence-corrected chi connectivity index (χ4v) is 0.266. The van der Waals surface area contributed by atoms with Crippen LogP contribution in [0.3, 0.4) is 0 Å². The average Bonchev–Trinajstić information content (AvgIpc) is 1.68. The average molecular weight is 104 g/mol. The molecule has 0 aliphatic carbocycles. The maximum atomic E-state index is 8.35. The van der Waals surface area contributed by atoms with E-state index in [1.165, 1.54) is 0 Å². The van der Waals surface area contributed by atoms with E-state index in [-0.39, 0.29) is 12.6 Å². The lowest BCUT2D eigenvalue weighted by Crippen LogP contribution is -2.33. The van der Waals surface area contributed by atoms with E-state index in [0.29, 0.717) is 6.67 Å². The van der Waals surface area contributed by atoms with Gasteiger partial charge in [-0.3, -0.25) is 5.32 Å². The van der Waals surface area contributed by atoms with Gasteiger partial charge in [-0.2, -0.15) is 0 Å². The lowest BCUT2D eigenvalue weighted by atomic mass is 10.4. The zero-order valence-electron chi connectivity index (χ0n) is 4.52. The molecule has 0 heterocycles. The van der Waals surface area contributed by atoms with Crippen LogP contribution in [0.15, 0.2) is 0 Å². The second-order valence-electron chi connectivity index (χ2n) is 1.49. The summed E-state index contributed by atoms with van der Waals surface area (Å²) < 4.78 is 0. The first kappa shape index (κ1) is 6.88. The number of aliphatic hydroxyl groups is 1. The van der Waals surface area contributed by atoms with Gasteiger partial charge < -0.3 is 10.8 Å². The standard InChI is InChI=1S/C4H12N2O/c1-4(2-7)6-3-5/h4,6-7H,2-3,5H2,1H3. The second kappa shape index (κ2) is 4.05. The predicted molar refractivity (Wildman–Crippen MR) is 28.7 cm³/mol. The molecule has 0 aliphatic rings. The summed E-state index contributed by atoms with van der Waals surface area (Å²) in [5.41, 5.74) is 5.08. The zero-order chi connectivity index (χ0) is 5.70. The molecule has 0 spiro atoms. The largest absolute Gasteiger partial charge is 0.395 e. The highest BCUT2D eigenvalue weighted by Gasteiger charge is 1.91. The summed E-state index contributed by atoms with van der Waals surface area (Å²) in [5.74, 6) is 0. The minimum Gasteiger partial charge on any atom is -0.395 e. The molecule has 0 fully saturated rings. The number of rotatable bonds is 3. The van der Waals surface area contributed by atoms with Crippen molar-refractivity contribution in [3.8, 4) is 0 Å². The number of hydrogen-bond donors (Lipinski definition) is 3. The molecule has 44 valence electrons. The highest BCUT2D eigenvalue weighted by molar-refractivity contribution is 4.52. The van der Waals surface area contributed by atoms with Gasteiger partial charge in [0.25, 0.3) is 0 Å². The van der Waals surface area contributed by atoms with Crippen molar-refractivity contribution < 1.29 is 5.11 Å². The minimum atomic E-state index is 0.130. The molecule has 0 aromatic heterocycles. The van der Waals surface area contributed by atoms with Crippen LogP contribution in [0.4, 0.5) is 0 Å². The fraction of sp³-hybridized carbons (Fsp3) is 1.00. The summed E-state index contributed by atoms with van der Waals surface area (Å²) in [5, 5.41) is 11.2. The molecule has 0 saturated heterocycles. The predicted octanol–water partition coefficient (Wildman–Crippen LogP) is -1.13. The summed E-state index contributed by atoms with van der Waals surface area (Å²) in [7, 11) is 0. The number of hydrogen-bond acceptors (Lipinski definition) is 3. The van der Waals surface area contributed by atoms with E-state index in [1.807, 2.05) is 6.92 Å². The van der Waals surface area contributed by atoms with Crippen molar-refractivity contribution >= 4 is 0 Å². The molecular formula is C4H12N2O. The molecule has 0 aromatic rings. The molecule has 0 aromatic carbocycles. The first-order chi connectivity index (χ1) is 3.31. The Hall–Kier alpha value is -0.120. The minimum absolute atomic E-state index is 0.130. The summed E-state index contributed by atoms with van der Waals surface area (Å²) in [6.07, 6.45) is 0. The third-order valence-electron chi connectivity index (χ3n) is 0.740. The van der Waals surface area contributed by atoms with Crippen molar-refractivity contribution in [1.29, 1.82) is 0 Å². The Kier molecular flexibility index (Phi) is 3.98. The van der Waals surface area contributed by atoms with Gasteiger partial charge in [-0.15, -0.1) is 0 Å². The van der Waals surface area contributed by atoms with E-state index in [0.717, 1.165) is 0 Å². The summed E-state index contributed by atoms with van der Waals surface area (Å²) >= 11 is 0. The van der Waals surface area contributed by atoms with Crippen molar-refractivity contribution in [2.24, 2.45) is 5.73 Å². The molecule has 0 aliphatic heterocycles. The normalized spacial score (nSPS) is 14.1. The molecule has 3 nitrogen and oxygen atoms in total. The van der Waals surface area contributed by atoms with Gasteiger partial charge in [-0.25, -0.2) is 0 Å². The zero-order valence-corrected chi connectivity index (χ0v) is 4.52. The van der Waals surface area contributed by atoms with Gasteiger partial charge in [0.1, 0.15) is 0 Å². The molecule has 7 heavy (non-hydrogen) atoms.